The molecule has 0 unspecified atom stereocenters. The second-order valence-electron chi connectivity index (χ2n) is 3.58. The van der Waals surface area contributed by atoms with E-state index in [4.69, 9.17) is 0 Å². The number of hydrogen-bond donors (Lipinski definition) is 0. The van der Waals surface area contributed by atoms with E-state index in [0.717, 1.165) is 4.57 Å². The van der Waals surface area contributed by atoms with Crippen LogP contribution >= 0.6 is 0 Å². The highest BCUT2D eigenvalue weighted by Crippen LogP contribution is 2.14. The summed E-state index contributed by atoms with van der Waals surface area (Å²) in [6.45, 7) is -1.10. The molecule has 0 saturated heterocycles. The Kier molecular flexibility index (Phi) is 3.51. The minimum Gasteiger partial charge on any atom is -0.345 e. The molecule has 1 rings (SSSR count). The normalized spacial score (nSPS) is 11.3. The van der Waals surface area contributed by atoms with Crippen LogP contribution in [0.3, 0.4) is 0 Å². The molecule has 1 heterocycles. The van der Waals surface area contributed by atoms with Gasteiger partial charge in [0.05, 0.1) is 0 Å². The number of carbonyl (C=O) groups is 1. The summed E-state index contributed by atoms with van der Waals surface area (Å²) in [6.07, 6.45) is -1.82. The maximum absolute atomic E-state index is 12.1. The number of pyridine rings is 1. The maximum Gasteiger partial charge on any atom is 0.448 e. The summed E-state index contributed by atoms with van der Waals surface area (Å²) < 4.78 is 37.3. The van der Waals surface area contributed by atoms with Crippen LogP contribution in [0.2, 0.25) is 0 Å². The molecule has 0 aromatic carbocycles. The summed E-state index contributed by atoms with van der Waals surface area (Å²) in [7, 11) is 3.09. The Bertz CT molecular complexity index is 388. The summed E-state index contributed by atoms with van der Waals surface area (Å²) in [5.74, 6) is -0.323. The molecule has 0 spiro atoms. The Labute approximate surface area is 91.1 Å². The Morgan fingerprint density at radius 1 is 1.44 bits per heavy atom. The van der Waals surface area contributed by atoms with E-state index in [-0.39, 0.29) is 11.5 Å². The molecule has 0 aliphatic rings. The van der Waals surface area contributed by atoms with Crippen LogP contribution in [0.5, 0.6) is 0 Å². The molecule has 0 bridgehead atoms. The van der Waals surface area contributed by atoms with Gasteiger partial charge in [0.25, 0.3) is 5.91 Å². The standard InChI is InChI=1S/C10H12F3N2O/c1-14(2)9(16)8-4-3-5-15(6-8)7-10(11,12)13/h3-6H,7H2,1-2H3/q+1. The maximum atomic E-state index is 12.1. The molecule has 0 aliphatic carbocycles. The molecule has 88 valence electrons. The van der Waals surface area contributed by atoms with Crippen LogP contribution in [-0.4, -0.2) is 31.1 Å². The first kappa shape index (κ1) is 12.5. The van der Waals surface area contributed by atoms with Gasteiger partial charge in [-0.1, -0.05) is 0 Å². The van der Waals surface area contributed by atoms with Crippen LogP contribution < -0.4 is 4.57 Å². The van der Waals surface area contributed by atoms with Crippen LogP contribution in [0, 0.1) is 0 Å². The van der Waals surface area contributed by atoms with E-state index in [1.165, 1.54) is 29.4 Å². The summed E-state index contributed by atoms with van der Waals surface area (Å²) in [5.41, 5.74) is 0.233. The van der Waals surface area contributed by atoms with E-state index >= 15 is 0 Å². The van der Waals surface area contributed by atoms with Crippen molar-refractivity contribution in [3.63, 3.8) is 0 Å². The number of carbonyl (C=O) groups excluding carboxylic acids is 1. The molecule has 0 atom stereocenters. The van der Waals surface area contributed by atoms with Crippen molar-refractivity contribution in [1.82, 2.24) is 4.90 Å². The topological polar surface area (TPSA) is 24.2 Å². The lowest BCUT2D eigenvalue weighted by atomic mass is 10.2. The first-order chi connectivity index (χ1) is 7.29. The van der Waals surface area contributed by atoms with Gasteiger partial charge in [-0.3, -0.25) is 4.79 Å². The molecule has 1 amide bonds. The highest BCUT2D eigenvalue weighted by atomic mass is 19.4. The molecule has 6 heteroatoms. The second kappa shape index (κ2) is 4.51. The van der Waals surface area contributed by atoms with Crippen molar-refractivity contribution < 1.29 is 22.5 Å². The second-order valence-corrected chi connectivity index (χ2v) is 3.58. The SMILES string of the molecule is CN(C)C(=O)c1ccc[n+](CC(F)(F)F)c1. The smallest absolute Gasteiger partial charge is 0.345 e. The monoisotopic (exact) mass is 233 g/mol. The Balaban J connectivity index is 2.91. The zero-order valence-electron chi connectivity index (χ0n) is 8.95. The highest BCUT2D eigenvalue weighted by Gasteiger charge is 2.33. The van der Waals surface area contributed by atoms with E-state index < -0.39 is 12.7 Å². The van der Waals surface area contributed by atoms with Gasteiger partial charge in [-0.25, -0.2) is 0 Å². The molecule has 0 aliphatic heterocycles. The van der Waals surface area contributed by atoms with Crippen molar-refractivity contribution in [3.05, 3.63) is 30.1 Å². The van der Waals surface area contributed by atoms with Gasteiger partial charge in [0.2, 0.25) is 6.54 Å². The van der Waals surface area contributed by atoms with Gasteiger partial charge >= 0.3 is 6.18 Å². The van der Waals surface area contributed by atoms with Gasteiger partial charge in [0, 0.05) is 20.2 Å². The summed E-state index contributed by atoms with van der Waals surface area (Å²) >= 11 is 0. The van der Waals surface area contributed by atoms with E-state index in [0.29, 0.717) is 0 Å². The number of alkyl halides is 3. The van der Waals surface area contributed by atoms with E-state index in [1.54, 1.807) is 14.1 Å². The molecule has 0 saturated carbocycles. The number of halogens is 3. The van der Waals surface area contributed by atoms with Crippen LogP contribution in [-0.2, 0) is 6.54 Å². The fourth-order valence-corrected chi connectivity index (χ4v) is 1.21. The van der Waals surface area contributed by atoms with Crippen LogP contribution in [0.1, 0.15) is 10.4 Å². The molecule has 3 nitrogen and oxygen atoms in total. The van der Waals surface area contributed by atoms with Gasteiger partial charge < -0.3 is 4.90 Å². The van der Waals surface area contributed by atoms with Crippen molar-refractivity contribution in [2.24, 2.45) is 0 Å². The average Bonchev–Trinajstić information content (AvgIpc) is 2.14. The first-order valence-electron chi connectivity index (χ1n) is 4.57. The molecular weight excluding hydrogens is 221 g/mol. The Morgan fingerprint density at radius 2 is 2.06 bits per heavy atom. The van der Waals surface area contributed by atoms with Crippen LogP contribution in [0.4, 0.5) is 13.2 Å². The third-order valence-electron chi connectivity index (χ3n) is 1.87. The number of aromatic nitrogens is 1. The van der Waals surface area contributed by atoms with Gasteiger partial charge in [0.1, 0.15) is 5.56 Å². The minimum absolute atomic E-state index is 0.233. The third-order valence-corrected chi connectivity index (χ3v) is 1.87. The Morgan fingerprint density at radius 3 is 2.56 bits per heavy atom. The van der Waals surface area contributed by atoms with Crippen molar-refractivity contribution in [3.8, 4) is 0 Å². The van der Waals surface area contributed by atoms with Gasteiger partial charge in [-0.2, -0.15) is 17.7 Å². The number of rotatable bonds is 2. The van der Waals surface area contributed by atoms with Crippen molar-refractivity contribution >= 4 is 5.91 Å². The van der Waals surface area contributed by atoms with Gasteiger partial charge in [-0.05, 0) is 6.07 Å². The summed E-state index contributed by atoms with van der Waals surface area (Å²) in [6, 6.07) is 2.90. The zero-order valence-corrected chi connectivity index (χ0v) is 8.95. The fourth-order valence-electron chi connectivity index (χ4n) is 1.21. The Hall–Kier alpha value is -1.59. The first-order valence-corrected chi connectivity index (χ1v) is 4.57. The van der Waals surface area contributed by atoms with E-state index in [1.807, 2.05) is 0 Å². The lowest BCUT2D eigenvalue weighted by molar-refractivity contribution is -0.719. The summed E-state index contributed by atoms with van der Waals surface area (Å²) in [4.78, 5) is 12.8. The zero-order chi connectivity index (χ0) is 12.3. The quantitative estimate of drug-likeness (QED) is 0.705. The molecule has 1 aromatic rings. The summed E-state index contributed by atoms with van der Waals surface area (Å²) in [5, 5.41) is 0. The van der Waals surface area contributed by atoms with Crippen LogP contribution in [0.15, 0.2) is 24.5 Å². The van der Waals surface area contributed by atoms with E-state index in [9.17, 15) is 18.0 Å². The van der Waals surface area contributed by atoms with Crippen molar-refractivity contribution in [2.75, 3.05) is 14.1 Å². The molecule has 0 N–H and O–H groups in total. The fraction of sp³-hybridized carbons (Fsp3) is 0.400. The molecule has 0 fully saturated rings. The number of amides is 1. The predicted molar refractivity (Wildman–Crippen MR) is 50.7 cm³/mol. The molecule has 0 radical (unpaired) electrons. The van der Waals surface area contributed by atoms with E-state index in [2.05, 4.69) is 0 Å². The van der Waals surface area contributed by atoms with Gasteiger partial charge in [0.15, 0.2) is 12.4 Å². The highest BCUT2D eigenvalue weighted by molar-refractivity contribution is 5.93. The largest absolute Gasteiger partial charge is 0.448 e. The van der Waals surface area contributed by atoms with Crippen molar-refractivity contribution in [2.45, 2.75) is 12.7 Å². The lowest BCUT2D eigenvalue weighted by Gasteiger charge is -2.09. The van der Waals surface area contributed by atoms with Crippen LogP contribution in [0.25, 0.3) is 0 Å². The molecular formula is C10H12F3N2O+. The molecule has 16 heavy (non-hydrogen) atoms. The number of hydrogen-bond acceptors (Lipinski definition) is 1. The average molecular weight is 233 g/mol. The lowest BCUT2D eigenvalue weighted by Crippen LogP contribution is -2.41. The minimum atomic E-state index is -4.29. The molecule has 1 aromatic heterocycles. The van der Waals surface area contributed by atoms with Crippen molar-refractivity contribution in [1.29, 1.82) is 0 Å². The van der Waals surface area contributed by atoms with Gasteiger partial charge in [-0.15, -0.1) is 0 Å². The third kappa shape index (κ3) is 3.52. The predicted octanol–water partition coefficient (Wildman–Crippen LogP) is 1.24. The number of nitrogens with zero attached hydrogens (tertiary/aromatic N) is 2.